The van der Waals surface area contributed by atoms with E-state index < -0.39 is 0 Å². The van der Waals surface area contributed by atoms with Gasteiger partial charge in [0, 0.05) is 53.4 Å². The number of benzene rings is 1. The van der Waals surface area contributed by atoms with Crippen molar-refractivity contribution < 1.29 is 23.8 Å². The number of likely N-dealkylation sites (tertiary alicyclic amines) is 1. The van der Waals surface area contributed by atoms with Crippen LogP contribution in [0.4, 0.5) is 0 Å². The lowest BCUT2D eigenvalue weighted by atomic mass is 9.50. The number of amides is 1. The molecule has 2 aliphatic heterocycles. The molecule has 5 atom stereocenters. The summed E-state index contributed by atoms with van der Waals surface area (Å²) in [6.07, 6.45) is 12.1. The number of aromatic hydroxyl groups is 1. The number of hydrogen-bond donors (Lipinski definition) is 1. The van der Waals surface area contributed by atoms with Crippen molar-refractivity contribution in [1.82, 2.24) is 9.80 Å². The van der Waals surface area contributed by atoms with Crippen LogP contribution in [0.3, 0.4) is 0 Å². The van der Waals surface area contributed by atoms with Gasteiger partial charge in [-0.05, 0) is 56.2 Å². The number of nitrogens with zero attached hydrogens (tertiary/aromatic N) is 2. The maximum atomic E-state index is 13.8. The summed E-state index contributed by atoms with van der Waals surface area (Å²) < 4.78 is 17.8. The molecule has 2 bridgehead atoms. The fourth-order valence-corrected chi connectivity index (χ4v) is 7.93. The molecule has 7 nitrogen and oxygen atoms in total. The fraction of sp³-hybridized carbons (Fsp3) is 0.516. The van der Waals surface area contributed by atoms with Crippen LogP contribution in [-0.4, -0.2) is 65.7 Å². The average Bonchev–Trinajstić information content (AvgIpc) is 3.54. The van der Waals surface area contributed by atoms with Gasteiger partial charge in [0.05, 0.1) is 25.7 Å². The summed E-state index contributed by atoms with van der Waals surface area (Å²) in [6.45, 7) is 10.7. The van der Waals surface area contributed by atoms with Gasteiger partial charge < -0.3 is 23.9 Å². The summed E-state index contributed by atoms with van der Waals surface area (Å²) in [5, 5.41) is 11.2. The first-order chi connectivity index (χ1) is 18.4. The summed E-state index contributed by atoms with van der Waals surface area (Å²) in [4.78, 5) is 18.3. The quantitative estimate of drug-likeness (QED) is 0.400. The molecule has 1 N–H and O–H groups in total. The average molecular weight is 519 g/mol. The van der Waals surface area contributed by atoms with E-state index in [0.717, 1.165) is 61.2 Å². The van der Waals surface area contributed by atoms with E-state index in [1.165, 1.54) is 0 Å². The van der Waals surface area contributed by atoms with Gasteiger partial charge in [-0.25, -0.2) is 0 Å². The van der Waals surface area contributed by atoms with Crippen molar-refractivity contribution in [1.29, 1.82) is 0 Å². The summed E-state index contributed by atoms with van der Waals surface area (Å²) in [5.41, 5.74) is 2.73. The molecule has 202 valence electrons. The number of piperidine rings is 1. The minimum atomic E-state index is -0.260. The molecule has 2 aromatic rings. The zero-order chi connectivity index (χ0) is 26.6. The lowest BCUT2D eigenvalue weighted by molar-refractivity contribution is -0.138. The second-order valence-corrected chi connectivity index (χ2v) is 11.7. The van der Waals surface area contributed by atoms with Gasteiger partial charge in [0.1, 0.15) is 11.9 Å². The Morgan fingerprint density at radius 1 is 1.39 bits per heavy atom. The molecule has 7 heteroatoms. The molecule has 1 saturated carbocycles. The van der Waals surface area contributed by atoms with Crippen LogP contribution in [0, 0.1) is 11.8 Å². The SMILES string of the molecule is C=CCN1CC[C@]23c4c5c(O)cc(OC)c4O[C@@H]2[C@@H](N(CC(C)C)C(=O)C=Cc2ccoc2)CC[C@H]3[C@H]1C5. The van der Waals surface area contributed by atoms with Gasteiger partial charge in [-0.2, -0.15) is 0 Å². The Hall–Kier alpha value is -3.19. The van der Waals surface area contributed by atoms with Crippen LogP contribution in [0.5, 0.6) is 17.2 Å². The molecule has 0 radical (unpaired) electrons. The van der Waals surface area contributed by atoms with Crippen molar-refractivity contribution in [2.24, 2.45) is 11.8 Å². The lowest BCUT2D eigenvalue weighted by Crippen LogP contribution is -2.69. The molecule has 2 fully saturated rings. The Bertz CT molecular complexity index is 1250. The Morgan fingerprint density at radius 2 is 2.24 bits per heavy atom. The molecule has 1 aromatic carbocycles. The number of furan rings is 1. The van der Waals surface area contributed by atoms with E-state index >= 15 is 0 Å². The molecule has 3 heterocycles. The molecule has 1 saturated heterocycles. The van der Waals surface area contributed by atoms with Crippen LogP contribution in [0.15, 0.2) is 47.8 Å². The highest BCUT2D eigenvalue weighted by Gasteiger charge is 2.67. The minimum absolute atomic E-state index is 0.00852. The molecule has 0 unspecified atom stereocenters. The third kappa shape index (κ3) is 3.69. The topological polar surface area (TPSA) is 75.4 Å². The van der Waals surface area contributed by atoms with Gasteiger partial charge >= 0.3 is 0 Å². The smallest absolute Gasteiger partial charge is 0.246 e. The standard InChI is InChI=1S/C31H38N2O5/c1-5-12-32-13-11-31-22-7-8-23(33(17-19(2)3)27(35)9-6-20-10-14-37-18-20)30(31)38-29-26(36-4)16-25(34)21(28(29)31)15-24(22)32/h5-6,9-10,14,16,18-19,22-24,30,34H,1,7-8,11-13,15,17H2,2-4H3/t22-,23-,24+,30+,31-/m0/s1. The number of hydrogen-bond acceptors (Lipinski definition) is 6. The van der Waals surface area contributed by atoms with E-state index in [1.807, 2.05) is 23.1 Å². The van der Waals surface area contributed by atoms with E-state index in [0.29, 0.717) is 30.2 Å². The third-order valence-electron chi connectivity index (χ3n) is 9.28. The summed E-state index contributed by atoms with van der Waals surface area (Å²) in [6, 6.07) is 3.78. The van der Waals surface area contributed by atoms with Crippen LogP contribution < -0.4 is 9.47 Å². The molecule has 1 spiro atoms. The zero-order valence-corrected chi connectivity index (χ0v) is 22.6. The van der Waals surface area contributed by atoms with Gasteiger partial charge in [-0.1, -0.05) is 19.9 Å². The summed E-state index contributed by atoms with van der Waals surface area (Å²) >= 11 is 0. The predicted octanol–water partition coefficient (Wildman–Crippen LogP) is 4.79. The first kappa shape index (κ1) is 25.1. The van der Waals surface area contributed by atoms with E-state index in [9.17, 15) is 9.90 Å². The molecular weight excluding hydrogens is 480 g/mol. The van der Waals surface area contributed by atoms with Crippen LogP contribution >= 0.6 is 0 Å². The second kappa shape index (κ2) is 9.53. The van der Waals surface area contributed by atoms with Crippen LogP contribution in [0.1, 0.15) is 49.8 Å². The molecule has 38 heavy (non-hydrogen) atoms. The van der Waals surface area contributed by atoms with Crippen LogP contribution in [0.2, 0.25) is 0 Å². The number of methoxy groups -OCH3 is 1. The monoisotopic (exact) mass is 518 g/mol. The highest BCUT2D eigenvalue weighted by Crippen LogP contribution is 2.65. The largest absolute Gasteiger partial charge is 0.508 e. The molecule has 1 amide bonds. The van der Waals surface area contributed by atoms with Crippen molar-refractivity contribution in [3.8, 4) is 17.2 Å². The Kier molecular flexibility index (Phi) is 6.29. The first-order valence-electron chi connectivity index (χ1n) is 13.8. The number of phenolic OH excluding ortho intramolecular Hbond substituents is 1. The summed E-state index contributed by atoms with van der Waals surface area (Å²) in [5.74, 6) is 2.32. The van der Waals surface area contributed by atoms with Crippen LogP contribution in [0.25, 0.3) is 6.08 Å². The summed E-state index contributed by atoms with van der Waals surface area (Å²) in [7, 11) is 1.63. The predicted molar refractivity (Wildman–Crippen MR) is 145 cm³/mol. The van der Waals surface area contributed by atoms with Crippen molar-refractivity contribution >= 4 is 12.0 Å². The molecule has 4 aliphatic rings. The van der Waals surface area contributed by atoms with E-state index in [4.69, 9.17) is 13.9 Å². The van der Waals surface area contributed by atoms with Crippen molar-refractivity contribution in [2.75, 3.05) is 26.7 Å². The Morgan fingerprint density at radius 3 is 2.95 bits per heavy atom. The molecule has 6 rings (SSSR count). The minimum Gasteiger partial charge on any atom is -0.508 e. The number of rotatable bonds is 8. The van der Waals surface area contributed by atoms with Crippen LogP contribution in [-0.2, 0) is 16.6 Å². The number of carbonyl (C=O) groups is 1. The van der Waals surface area contributed by atoms with Gasteiger partial charge in [0.2, 0.25) is 5.91 Å². The van der Waals surface area contributed by atoms with E-state index in [2.05, 4.69) is 25.3 Å². The first-order valence-corrected chi connectivity index (χ1v) is 13.8. The van der Waals surface area contributed by atoms with Crippen molar-refractivity contribution in [2.45, 2.75) is 63.1 Å². The highest BCUT2D eigenvalue weighted by atomic mass is 16.5. The van der Waals surface area contributed by atoms with Gasteiger partial charge in [0.15, 0.2) is 11.5 Å². The number of ether oxygens (including phenoxy) is 2. The third-order valence-corrected chi connectivity index (χ3v) is 9.28. The molecule has 1 aromatic heterocycles. The lowest BCUT2D eigenvalue weighted by Gasteiger charge is -2.60. The number of phenols is 1. The fourth-order valence-electron chi connectivity index (χ4n) is 7.93. The Balaban J connectivity index is 1.44. The Labute approximate surface area is 224 Å². The zero-order valence-electron chi connectivity index (χ0n) is 22.6. The van der Waals surface area contributed by atoms with Crippen molar-refractivity contribution in [3.63, 3.8) is 0 Å². The van der Waals surface area contributed by atoms with E-state index in [-0.39, 0.29) is 29.2 Å². The van der Waals surface area contributed by atoms with Gasteiger partial charge in [0.25, 0.3) is 0 Å². The van der Waals surface area contributed by atoms with Gasteiger partial charge in [-0.3, -0.25) is 9.69 Å². The molecular formula is C31H38N2O5. The maximum Gasteiger partial charge on any atom is 0.246 e. The van der Waals surface area contributed by atoms with E-state index in [1.54, 1.807) is 31.8 Å². The van der Waals surface area contributed by atoms with Gasteiger partial charge in [-0.15, -0.1) is 6.58 Å². The normalized spacial score (nSPS) is 29.3. The van der Waals surface area contributed by atoms with Crippen molar-refractivity contribution in [3.05, 3.63) is 60.1 Å². The second-order valence-electron chi connectivity index (χ2n) is 11.7. The maximum absolute atomic E-state index is 13.8. The molecule has 2 aliphatic carbocycles. The number of carbonyl (C=O) groups excluding carboxylic acids is 1. The highest BCUT2D eigenvalue weighted by molar-refractivity contribution is 5.92.